The third-order valence-electron chi connectivity index (χ3n) is 3.73. The number of methoxy groups -OCH3 is 2. The molecule has 0 bridgehead atoms. The Morgan fingerprint density at radius 2 is 1.56 bits per heavy atom. The summed E-state index contributed by atoms with van der Waals surface area (Å²) in [5.41, 5.74) is 1.13. The van der Waals surface area contributed by atoms with E-state index in [-0.39, 0.29) is 0 Å². The Morgan fingerprint density at radius 3 is 2.15 bits per heavy atom. The van der Waals surface area contributed by atoms with Gasteiger partial charge >= 0.3 is 0 Å². The van der Waals surface area contributed by atoms with Crippen LogP contribution in [0.1, 0.15) is 25.3 Å². The summed E-state index contributed by atoms with van der Waals surface area (Å²) in [5, 5.41) is 6.71. The van der Waals surface area contributed by atoms with E-state index in [4.69, 9.17) is 18.9 Å². The van der Waals surface area contributed by atoms with Gasteiger partial charge in [-0.3, -0.25) is 0 Å². The van der Waals surface area contributed by atoms with Crippen LogP contribution in [0.2, 0.25) is 0 Å². The smallest absolute Gasteiger partial charge is 0.191 e. The lowest BCUT2D eigenvalue weighted by Crippen LogP contribution is -2.39. The minimum absolute atomic E-state index is 0.606. The van der Waals surface area contributed by atoms with Gasteiger partial charge < -0.3 is 29.6 Å². The van der Waals surface area contributed by atoms with Crippen LogP contribution in [0.5, 0.6) is 5.75 Å². The van der Waals surface area contributed by atoms with Crippen molar-refractivity contribution >= 4 is 5.96 Å². The van der Waals surface area contributed by atoms with Crippen LogP contribution < -0.4 is 15.4 Å². The summed E-state index contributed by atoms with van der Waals surface area (Å²) in [4.78, 5) is 4.67. The van der Waals surface area contributed by atoms with E-state index in [2.05, 4.69) is 15.6 Å². The van der Waals surface area contributed by atoms with Gasteiger partial charge in [-0.1, -0.05) is 12.1 Å². The summed E-state index contributed by atoms with van der Waals surface area (Å²) < 4.78 is 21.0. The first-order chi connectivity index (χ1) is 13.3. The highest BCUT2D eigenvalue weighted by Gasteiger charge is 2.00. The third kappa shape index (κ3) is 12.2. The van der Waals surface area contributed by atoms with Crippen LogP contribution in [0.3, 0.4) is 0 Å². The third-order valence-corrected chi connectivity index (χ3v) is 3.73. The summed E-state index contributed by atoms with van der Waals surface area (Å²) in [6, 6.07) is 7.95. The molecule has 0 aliphatic heterocycles. The van der Waals surface area contributed by atoms with Gasteiger partial charge in [0.05, 0.1) is 26.9 Å². The first-order valence-electron chi connectivity index (χ1n) is 9.59. The van der Waals surface area contributed by atoms with Crippen LogP contribution in [-0.2, 0) is 20.8 Å². The second kappa shape index (κ2) is 16.4. The molecule has 1 rings (SSSR count). The Hall–Kier alpha value is -1.83. The zero-order valence-corrected chi connectivity index (χ0v) is 17.0. The molecule has 0 saturated carbocycles. The number of benzene rings is 1. The summed E-state index contributed by atoms with van der Waals surface area (Å²) in [6.45, 7) is 7.69. The Kier molecular flexibility index (Phi) is 14.1. The maximum Gasteiger partial charge on any atom is 0.191 e. The fourth-order valence-corrected chi connectivity index (χ4v) is 2.23. The van der Waals surface area contributed by atoms with Gasteiger partial charge in [0.2, 0.25) is 0 Å². The molecule has 1 aromatic rings. The SMILES string of the molecule is CCOCCCNC(=NCc1ccc(OC)cc1)NCCCOCCOC. The first-order valence-corrected chi connectivity index (χ1v) is 9.59. The Balaban J connectivity index is 2.40. The van der Waals surface area contributed by atoms with Crippen molar-refractivity contribution in [2.24, 2.45) is 4.99 Å². The molecule has 0 spiro atoms. The lowest BCUT2D eigenvalue weighted by Gasteiger charge is -2.13. The van der Waals surface area contributed by atoms with Gasteiger partial charge in [-0.15, -0.1) is 0 Å². The van der Waals surface area contributed by atoms with E-state index in [0.717, 1.165) is 56.4 Å². The second-order valence-electron chi connectivity index (χ2n) is 5.88. The van der Waals surface area contributed by atoms with Gasteiger partial charge in [-0.25, -0.2) is 4.99 Å². The average molecular weight is 382 g/mol. The molecule has 2 N–H and O–H groups in total. The lowest BCUT2D eigenvalue weighted by molar-refractivity contribution is 0.0698. The molecule has 0 aromatic heterocycles. The van der Waals surface area contributed by atoms with Gasteiger partial charge in [0.15, 0.2) is 5.96 Å². The van der Waals surface area contributed by atoms with Crippen molar-refractivity contribution in [2.45, 2.75) is 26.3 Å². The number of nitrogens with zero attached hydrogens (tertiary/aromatic N) is 1. The average Bonchev–Trinajstić information content (AvgIpc) is 2.70. The summed E-state index contributed by atoms with van der Waals surface area (Å²) in [5.74, 6) is 1.66. The van der Waals surface area contributed by atoms with Crippen molar-refractivity contribution in [3.8, 4) is 5.75 Å². The lowest BCUT2D eigenvalue weighted by atomic mass is 10.2. The van der Waals surface area contributed by atoms with Crippen LogP contribution in [0.4, 0.5) is 0 Å². The fraction of sp³-hybridized carbons (Fsp3) is 0.650. The predicted molar refractivity (Wildman–Crippen MR) is 109 cm³/mol. The van der Waals surface area contributed by atoms with Crippen LogP contribution >= 0.6 is 0 Å². The van der Waals surface area contributed by atoms with Gasteiger partial charge in [0, 0.05) is 40.0 Å². The molecule has 0 heterocycles. The van der Waals surface area contributed by atoms with Gasteiger partial charge in [-0.2, -0.15) is 0 Å². The van der Waals surface area contributed by atoms with E-state index < -0.39 is 0 Å². The number of hydrogen-bond donors (Lipinski definition) is 2. The second-order valence-corrected chi connectivity index (χ2v) is 5.88. The maximum absolute atomic E-state index is 5.48. The number of aliphatic imine (C=N–C) groups is 1. The molecule has 0 saturated heterocycles. The highest BCUT2D eigenvalue weighted by molar-refractivity contribution is 5.79. The van der Waals surface area contributed by atoms with E-state index in [0.29, 0.717) is 26.4 Å². The highest BCUT2D eigenvalue weighted by Crippen LogP contribution is 2.11. The van der Waals surface area contributed by atoms with Crippen molar-refractivity contribution in [1.82, 2.24) is 10.6 Å². The Bertz CT molecular complexity index is 495. The summed E-state index contributed by atoms with van der Waals surface area (Å²) in [7, 11) is 3.34. The zero-order chi connectivity index (χ0) is 19.6. The number of rotatable bonds is 15. The van der Waals surface area contributed by atoms with Crippen molar-refractivity contribution in [1.29, 1.82) is 0 Å². The molecule has 0 atom stereocenters. The number of ether oxygens (including phenoxy) is 4. The maximum atomic E-state index is 5.48. The molecule has 0 unspecified atom stereocenters. The van der Waals surface area contributed by atoms with E-state index >= 15 is 0 Å². The molecule has 7 heteroatoms. The number of hydrogen-bond acceptors (Lipinski definition) is 5. The van der Waals surface area contributed by atoms with Crippen molar-refractivity contribution < 1.29 is 18.9 Å². The largest absolute Gasteiger partial charge is 0.497 e. The van der Waals surface area contributed by atoms with E-state index in [1.807, 2.05) is 31.2 Å². The van der Waals surface area contributed by atoms with E-state index in [1.54, 1.807) is 14.2 Å². The Labute approximate surface area is 163 Å². The van der Waals surface area contributed by atoms with E-state index in [9.17, 15) is 0 Å². The minimum Gasteiger partial charge on any atom is -0.497 e. The molecule has 0 radical (unpaired) electrons. The normalized spacial score (nSPS) is 11.4. The molecule has 0 fully saturated rings. The van der Waals surface area contributed by atoms with Crippen LogP contribution in [0.15, 0.2) is 29.3 Å². The highest BCUT2D eigenvalue weighted by atomic mass is 16.5. The van der Waals surface area contributed by atoms with Gasteiger partial charge in [0.25, 0.3) is 0 Å². The van der Waals surface area contributed by atoms with Crippen molar-refractivity contribution in [3.05, 3.63) is 29.8 Å². The topological polar surface area (TPSA) is 73.3 Å². The molecule has 0 amide bonds. The molecule has 0 aliphatic rings. The molecule has 27 heavy (non-hydrogen) atoms. The molecular formula is C20H35N3O4. The molecule has 154 valence electrons. The van der Waals surface area contributed by atoms with Crippen molar-refractivity contribution in [2.75, 3.05) is 60.3 Å². The van der Waals surface area contributed by atoms with E-state index in [1.165, 1.54) is 0 Å². The summed E-state index contributed by atoms with van der Waals surface area (Å²) in [6.07, 6.45) is 1.85. The number of guanidine groups is 1. The van der Waals surface area contributed by atoms with Crippen LogP contribution in [0, 0.1) is 0 Å². The molecular weight excluding hydrogens is 346 g/mol. The van der Waals surface area contributed by atoms with Crippen molar-refractivity contribution in [3.63, 3.8) is 0 Å². The fourth-order valence-electron chi connectivity index (χ4n) is 2.23. The molecule has 7 nitrogen and oxygen atoms in total. The molecule has 0 aliphatic carbocycles. The predicted octanol–water partition coefficient (Wildman–Crippen LogP) is 2.21. The van der Waals surface area contributed by atoms with Gasteiger partial charge in [-0.05, 0) is 37.5 Å². The van der Waals surface area contributed by atoms with Gasteiger partial charge in [0.1, 0.15) is 5.75 Å². The van der Waals surface area contributed by atoms with Crippen LogP contribution in [-0.4, -0.2) is 66.3 Å². The quantitative estimate of drug-likeness (QED) is 0.276. The Morgan fingerprint density at radius 1 is 0.889 bits per heavy atom. The first kappa shape index (κ1) is 23.2. The standard InChI is InChI=1S/C20H35N3O4/c1-4-26-13-5-11-21-20(22-12-6-14-27-16-15-24-2)23-17-18-7-9-19(25-3)10-8-18/h7-10H,4-6,11-17H2,1-3H3,(H2,21,22,23). The minimum atomic E-state index is 0.606. The summed E-state index contributed by atoms with van der Waals surface area (Å²) >= 11 is 0. The van der Waals surface area contributed by atoms with Crippen LogP contribution in [0.25, 0.3) is 0 Å². The number of nitrogens with one attached hydrogen (secondary N) is 2. The molecule has 1 aromatic carbocycles. The zero-order valence-electron chi connectivity index (χ0n) is 17.0. The monoisotopic (exact) mass is 381 g/mol.